The van der Waals surface area contributed by atoms with Crippen LogP contribution in [0.15, 0.2) is 24.3 Å². The van der Waals surface area contributed by atoms with E-state index in [0.717, 1.165) is 0 Å². The number of esters is 1. The second-order valence-electron chi connectivity index (χ2n) is 4.55. The smallest absolute Gasteiger partial charge is 0.351 e. The van der Waals surface area contributed by atoms with Crippen LogP contribution < -0.4 is 10.5 Å². The quantitative estimate of drug-likeness (QED) is 0.495. The number of ether oxygens (including phenoxy) is 2. The third-order valence-corrected chi connectivity index (χ3v) is 3.11. The lowest BCUT2D eigenvalue weighted by molar-refractivity contribution is -0.177. The zero-order valence-electron chi connectivity index (χ0n) is 11.9. The lowest BCUT2D eigenvalue weighted by Crippen LogP contribution is -2.56. The van der Waals surface area contributed by atoms with E-state index in [-0.39, 0.29) is 13.0 Å². The van der Waals surface area contributed by atoms with E-state index in [9.17, 15) is 14.7 Å². The number of carboxylic acids is 1. The molecule has 1 rings (SSSR count). The van der Waals surface area contributed by atoms with Crippen LogP contribution in [0.4, 0.5) is 0 Å². The van der Waals surface area contributed by atoms with Crippen molar-refractivity contribution in [1.82, 2.24) is 0 Å². The Morgan fingerprint density at radius 3 is 2.33 bits per heavy atom. The predicted octanol–water partition coefficient (Wildman–Crippen LogP) is 0.497. The number of hydrogen-bond donors (Lipinski definition) is 3. The fourth-order valence-corrected chi connectivity index (χ4v) is 1.78. The first-order valence-electron chi connectivity index (χ1n) is 6.37. The van der Waals surface area contributed by atoms with Gasteiger partial charge in [-0.05, 0) is 24.1 Å². The number of benzene rings is 1. The average Bonchev–Trinajstić information content (AvgIpc) is 2.46. The average molecular weight is 297 g/mol. The Labute approximate surface area is 122 Å². The molecule has 116 valence electrons. The van der Waals surface area contributed by atoms with E-state index in [1.165, 1.54) is 7.11 Å². The van der Waals surface area contributed by atoms with Gasteiger partial charge in [0.25, 0.3) is 0 Å². The molecule has 2 atom stereocenters. The van der Waals surface area contributed by atoms with Crippen LogP contribution in [0.3, 0.4) is 0 Å². The van der Waals surface area contributed by atoms with E-state index in [1.807, 2.05) is 0 Å². The Kier molecular flexibility index (Phi) is 5.69. The van der Waals surface area contributed by atoms with Gasteiger partial charge in [-0.2, -0.15) is 0 Å². The Morgan fingerprint density at radius 1 is 1.33 bits per heavy atom. The summed E-state index contributed by atoms with van der Waals surface area (Å²) in [6.45, 7) is 1.50. The van der Waals surface area contributed by atoms with Gasteiger partial charge in [0.05, 0.1) is 7.11 Å². The molecule has 1 aromatic carbocycles. The first kappa shape index (κ1) is 16.9. The number of nitrogens with two attached hydrogens (primary N) is 1. The van der Waals surface area contributed by atoms with Gasteiger partial charge >= 0.3 is 11.9 Å². The highest BCUT2D eigenvalue weighted by Gasteiger charge is 2.44. The van der Waals surface area contributed by atoms with Crippen molar-refractivity contribution >= 4 is 11.9 Å². The van der Waals surface area contributed by atoms with Crippen molar-refractivity contribution in [2.45, 2.75) is 25.7 Å². The molecule has 0 aliphatic carbocycles. The maximum Gasteiger partial charge on any atom is 0.351 e. The molecule has 0 radical (unpaired) electrons. The molecule has 0 aliphatic rings. The summed E-state index contributed by atoms with van der Waals surface area (Å²) in [6.07, 6.45) is 0.0424. The van der Waals surface area contributed by atoms with E-state index in [2.05, 4.69) is 0 Å². The highest BCUT2D eigenvalue weighted by atomic mass is 16.5. The molecule has 0 saturated carbocycles. The Balaban J connectivity index is 2.68. The lowest BCUT2D eigenvalue weighted by Gasteiger charge is -2.25. The summed E-state index contributed by atoms with van der Waals surface area (Å²) < 4.78 is 10.0. The third-order valence-electron chi connectivity index (χ3n) is 3.11. The number of methoxy groups -OCH3 is 1. The molecule has 0 aromatic heterocycles. The molecule has 0 fully saturated rings. The summed E-state index contributed by atoms with van der Waals surface area (Å²) in [6, 6.07) is 6.83. The first-order valence-corrected chi connectivity index (χ1v) is 6.37. The molecule has 0 heterocycles. The van der Waals surface area contributed by atoms with Crippen molar-refractivity contribution < 1.29 is 29.3 Å². The molecular weight excluding hydrogens is 278 g/mol. The number of aliphatic hydroxyl groups is 1. The maximum atomic E-state index is 11.9. The van der Waals surface area contributed by atoms with Crippen molar-refractivity contribution in [3.05, 3.63) is 29.8 Å². The maximum absolute atomic E-state index is 11.9. The minimum atomic E-state index is -2.65. The second kappa shape index (κ2) is 7.05. The van der Waals surface area contributed by atoms with Gasteiger partial charge in [-0.15, -0.1) is 0 Å². The van der Waals surface area contributed by atoms with Crippen LogP contribution in [0.5, 0.6) is 5.75 Å². The number of rotatable bonds is 7. The summed E-state index contributed by atoms with van der Waals surface area (Å²) in [5.74, 6) is -3.21. The molecule has 0 spiro atoms. The van der Waals surface area contributed by atoms with E-state index >= 15 is 0 Å². The molecular formula is C14H19NO6. The van der Waals surface area contributed by atoms with E-state index in [1.54, 1.807) is 31.2 Å². The Bertz CT molecular complexity index is 497. The van der Waals surface area contributed by atoms with E-state index < -0.39 is 23.6 Å². The molecule has 7 nitrogen and oxygen atoms in total. The number of hydrogen-bond acceptors (Lipinski definition) is 6. The normalized spacial score (nSPS) is 14.9. The summed E-state index contributed by atoms with van der Waals surface area (Å²) in [7, 11) is 1.54. The van der Waals surface area contributed by atoms with E-state index in [0.29, 0.717) is 11.3 Å². The van der Waals surface area contributed by atoms with Crippen molar-refractivity contribution in [1.29, 1.82) is 0 Å². The second-order valence-corrected chi connectivity index (χ2v) is 4.55. The Hall–Kier alpha value is -2.12. The first-order chi connectivity index (χ1) is 9.82. The molecule has 7 heteroatoms. The van der Waals surface area contributed by atoms with Crippen molar-refractivity contribution in [3.63, 3.8) is 0 Å². The predicted molar refractivity (Wildman–Crippen MR) is 73.3 cm³/mol. The van der Waals surface area contributed by atoms with Crippen molar-refractivity contribution in [2.24, 2.45) is 11.7 Å². The number of aliphatic carboxylic acids is 1. The zero-order chi connectivity index (χ0) is 16.0. The van der Waals surface area contributed by atoms with Gasteiger partial charge in [0.2, 0.25) is 5.72 Å². The van der Waals surface area contributed by atoms with Crippen LogP contribution in [0, 0.1) is 5.92 Å². The zero-order valence-corrected chi connectivity index (χ0v) is 11.9. The number of carboxylic acid groups (broad SMARTS) is 1. The van der Waals surface area contributed by atoms with Crippen LogP contribution in [0.1, 0.15) is 18.9 Å². The number of carbonyl (C=O) groups excluding carboxylic acids is 1. The molecule has 1 aromatic rings. The highest BCUT2D eigenvalue weighted by molar-refractivity contribution is 5.85. The summed E-state index contributed by atoms with van der Waals surface area (Å²) >= 11 is 0. The molecule has 0 amide bonds. The molecule has 0 aliphatic heterocycles. The van der Waals surface area contributed by atoms with Crippen molar-refractivity contribution in [3.8, 4) is 5.75 Å². The summed E-state index contributed by atoms with van der Waals surface area (Å²) in [5, 5.41) is 18.5. The van der Waals surface area contributed by atoms with Gasteiger partial charge in [0, 0.05) is 0 Å². The Morgan fingerprint density at radius 2 is 1.90 bits per heavy atom. The van der Waals surface area contributed by atoms with Crippen LogP contribution in [0.2, 0.25) is 0 Å². The molecule has 4 N–H and O–H groups in total. The summed E-state index contributed by atoms with van der Waals surface area (Å²) in [4.78, 5) is 22.7. The van der Waals surface area contributed by atoms with Gasteiger partial charge in [0.1, 0.15) is 18.3 Å². The molecule has 0 unspecified atom stereocenters. The van der Waals surface area contributed by atoms with Gasteiger partial charge in [-0.25, -0.2) is 4.79 Å². The van der Waals surface area contributed by atoms with Crippen LogP contribution in [-0.2, 0) is 20.9 Å². The fraction of sp³-hybridized carbons (Fsp3) is 0.429. The van der Waals surface area contributed by atoms with E-state index in [4.69, 9.17) is 20.3 Å². The van der Waals surface area contributed by atoms with Crippen LogP contribution in [-0.4, -0.2) is 35.0 Å². The summed E-state index contributed by atoms with van der Waals surface area (Å²) in [5.41, 5.74) is 3.32. The standard InChI is InChI=1S/C14H19NO6/c1-3-11(14(15,19)13(17)18)12(16)21-8-9-4-6-10(20-2)7-5-9/h4-7,11,19H,3,8,15H2,1-2H3,(H,17,18)/t11-,14-/m0/s1. The van der Waals surface area contributed by atoms with Crippen molar-refractivity contribution in [2.75, 3.05) is 7.11 Å². The number of carbonyl (C=O) groups is 2. The molecule has 21 heavy (non-hydrogen) atoms. The minimum Gasteiger partial charge on any atom is -0.497 e. The van der Waals surface area contributed by atoms with Crippen LogP contribution in [0.25, 0.3) is 0 Å². The van der Waals surface area contributed by atoms with Gasteiger partial charge < -0.3 is 19.7 Å². The molecule has 0 saturated heterocycles. The highest BCUT2D eigenvalue weighted by Crippen LogP contribution is 2.19. The largest absolute Gasteiger partial charge is 0.497 e. The van der Waals surface area contributed by atoms with Crippen LogP contribution >= 0.6 is 0 Å². The third kappa shape index (κ3) is 4.17. The SMILES string of the molecule is CC[C@@H](C(=O)OCc1ccc(OC)cc1)[C@](N)(O)C(=O)O. The monoisotopic (exact) mass is 297 g/mol. The minimum absolute atomic E-state index is 0.0424. The lowest BCUT2D eigenvalue weighted by atomic mass is 9.94. The molecule has 0 bridgehead atoms. The van der Waals surface area contributed by atoms with Gasteiger partial charge in [-0.3, -0.25) is 10.5 Å². The van der Waals surface area contributed by atoms with Gasteiger partial charge in [0.15, 0.2) is 0 Å². The topological polar surface area (TPSA) is 119 Å². The van der Waals surface area contributed by atoms with Gasteiger partial charge in [-0.1, -0.05) is 19.1 Å². The fourth-order valence-electron chi connectivity index (χ4n) is 1.78.